The maximum atomic E-state index is 12.6. The summed E-state index contributed by atoms with van der Waals surface area (Å²) in [5.74, 6) is -0.913. The molecule has 3 aromatic rings. The van der Waals surface area contributed by atoms with Crippen LogP contribution in [-0.2, 0) is 10.0 Å². The highest BCUT2D eigenvalue weighted by Crippen LogP contribution is 2.32. The molecule has 0 fully saturated rings. The molecule has 0 aliphatic heterocycles. The summed E-state index contributed by atoms with van der Waals surface area (Å²) in [4.78, 5) is 16.5. The van der Waals surface area contributed by atoms with E-state index in [1.54, 1.807) is 18.2 Å². The van der Waals surface area contributed by atoms with Crippen LogP contribution in [0.4, 0.5) is 11.4 Å². The summed E-state index contributed by atoms with van der Waals surface area (Å²) in [6.07, 6.45) is 2.47. The van der Waals surface area contributed by atoms with Crippen LogP contribution in [0.1, 0.15) is 10.5 Å². The van der Waals surface area contributed by atoms with Gasteiger partial charge in [0.05, 0.1) is 17.6 Å². The molecule has 0 unspecified atom stereocenters. The molecule has 0 atom stereocenters. The lowest BCUT2D eigenvalue weighted by Gasteiger charge is -2.21. The smallest absolute Gasteiger partial charge is 0.278 e. The van der Waals surface area contributed by atoms with Crippen molar-refractivity contribution in [1.29, 1.82) is 0 Å². The molecule has 0 spiro atoms. The van der Waals surface area contributed by atoms with Crippen LogP contribution in [0, 0.1) is 0 Å². The molecule has 0 bridgehead atoms. The number of aromatic hydroxyl groups is 1. The third kappa shape index (κ3) is 4.12. The van der Waals surface area contributed by atoms with Gasteiger partial charge in [-0.25, -0.2) is 13.4 Å². The Morgan fingerprint density at radius 1 is 1.04 bits per heavy atom. The van der Waals surface area contributed by atoms with Crippen LogP contribution in [-0.4, -0.2) is 37.7 Å². The van der Waals surface area contributed by atoms with Crippen LogP contribution in [0.15, 0.2) is 66.9 Å². The highest BCUT2D eigenvalue weighted by molar-refractivity contribution is 7.92. The molecule has 1 heterocycles. The van der Waals surface area contributed by atoms with Crippen molar-refractivity contribution in [2.75, 3.05) is 22.9 Å². The molecule has 8 heteroatoms. The Morgan fingerprint density at radius 3 is 2.39 bits per heavy atom. The van der Waals surface area contributed by atoms with E-state index in [0.717, 1.165) is 21.7 Å². The largest absolute Gasteiger partial charge is 0.505 e. The number of carbonyl (C=O) groups is 1. The van der Waals surface area contributed by atoms with Crippen molar-refractivity contribution in [3.8, 4) is 16.9 Å². The van der Waals surface area contributed by atoms with E-state index in [9.17, 15) is 18.3 Å². The lowest BCUT2D eigenvalue weighted by molar-refractivity contribution is 0.101. The van der Waals surface area contributed by atoms with E-state index in [1.165, 1.54) is 25.4 Å². The van der Waals surface area contributed by atoms with Gasteiger partial charge in [-0.1, -0.05) is 36.4 Å². The molecule has 7 nitrogen and oxygen atoms in total. The van der Waals surface area contributed by atoms with Crippen molar-refractivity contribution >= 4 is 27.3 Å². The molecular weight excluding hydrogens is 378 g/mol. The molecule has 2 N–H and O–H groups in total. The van der Waals surface area contributed by atoms with Crippen LogP contribution in [0.5, 0.6) is 5.75 Å². The number of rotatable bonds is 5. The van der Waals surface area contributed by atoms with Gasteiger partial charge in [0.25, 0.3) is 5.91 Å². The predicted molar refractivity (Wildman–Crippen MR) is 109 cm³/mol. The highest BCUT2D eigenvalue weighted by Gasteiger charge is 2.20. The van der Waals surface area contributed by atoms with Gasteiger partial charge < -0.3 is 10.4 Å². The van der Waals surface area contributed by atoms with E-state index in [0.29, 0.717) is 5.69 Å². The second-order valence-electron chi connectivity index (χ2n) is 6.15. The number of hydrogen-bond acceptors (Lipinski definition) is 5. The van der Waals surface area contributed by atoms with Crippen molar-refractivity contribution in [1.82, 2.24) is 4.98 Å². The van der Waals surface area contributed by atoms with Crippen molar-refractivity contribution in [3.63, 3.8) is 0 Å². The second kappa shape index (κ2) is 7.69. The minimum absolute atomic E-state index is 0.152. The number of anilines is 2. The molecule has 144 valence electrons. The van der Waals surface area contributed by atoms with E-state index >= 15 is 0 Å². The number of benzene rings is 2. The van der Waals surface area contributed by atoms with Gasteiger partial charge in [-0.05, 0) is 35.4 Å². The molecule has 2 aromatic carbocycles. The Kier molecular flexibility index (Phi) is 5.32. The van der Waals surface area contributed by atoms with Gasteiger partial charge in [-0.3, -0.25) is 9.10 Å². The first-order valence-electron chi connectivity index (χ1n) is 8.36. The molecule has 1 amide bonds. The number of pyridine rings is 1. The van der Waals surface area contributed by atoms with Gasteiger partial charge in [-0.15, -0.1) is 0 Å². The van der Waals surface area contributed by atoms with Crippen molar-refractivity contribution < 1.29 is 18.3 Å². The SMILES string of the molecule is CN(c1ccc(-c2ccccc2)cc1NC(=O)c1ncccc1O)S(C)(=O)=O. The van der Waals surface area contributed by atoms with E-state index in [2.05, 4.69) is 10.3 Å². The molecule has 0 aliphatic rings. The van der Waals surface area contributed by atoms with E-state index in [4.69, 9.17) is 0 Å². The van der Waals surface area contributed by atoms with Crippen LogP contribution < -0.4 is 9.62 Å². The predicted octanol–water partition coefficient (Wildman–Crippen LogP) is 3.10. The van der Waals surface area contributed by atoms with Crippen LogP contribution >= 0.6 is 0 Å². The normalized spacial score (nSPS) is 11.1. The van der Waals surface area contributed by atoms with Crippen LogP contribution in [0.25, 0.3) is 11.1 Å². The van der Waals surface area contributed by atoms with Crippen molar-refractivity contribution in [2.45, 2.75) is 0 Å². The number of aromatic nitrogens is 1. The second-order valence-corrected chi connectivity index (χ2v) is 8.17. The molecule has 0 aliphatic carbocycles. The maximum absolute atomic E-state index is 12.6. The summed E-state index contributed by atoms with van der Waals surface area (Å²) in [6, 6.07) is 17.4. The number of carbonyl (C=O) groups excluding carboxylic acids is 1. The third-order valence-corrected chi connectivity index (χ3v) is 5.38. The summed E-state index contributed by atoms with van der Waals surface area (Å²) >= 11 is 0. The number of nitrogens with one attached hydrogen (secondary N) is 1. The monoisotopic (exact) mass is 397 g/mol. The van der Waals surface area contributed by atoms with Crippen molar-refractivity contribution in [2.24, 2.45) is 0 Å². The molecular formula is C20H19N3O4S. The van der Waals surface area contributed by atoms with Gasteiger partial charge in [0.1, 0.15) is 5.75 Å². The van der Waals surface area contributed by atoms with Gasteiger partial charge in [0.15, 0.2) is 5.69 Å². The molecule has 0 radical (unpaired) electrons. The standard InChI is InChI=1S/C20H19N3O4S/c1-23(28(2,26)27)17-11-10-15(14-7-4-3-5-8-14)13-16(17)22-20(25)19-18(24)9-6-12-21-19/h3-13,24H,1-2H3,(H,22,25). The topological polar surface area (TPSA) is 99.6 Å². The Bertz CT molecular complexity index is 1120. The lowest BCUT2D eigenvalue weighted by Crippen LogP contribution is -2.26. The third-order valence-electron chi connectivity index (χ3n) is 4.19. The van der Waals surface area contributed by atoms with Gasteiger partial charge in [-0.2, -0.15) is 0 Å². The highest BCUT2D eigenvalue weighted by atomic mass is 32.2. The Labute approximate surface area is 163 Å². The summed E-state index contributed by atoms with van der Waals surface area (Å²) in [6.45, 7) is 0. The molecule has 1 aromatic heterocycles. The Hall–Kier alpha value is -3.39. The first kappa shape index (κ1) is 19.4. The average molecular weight is 397 g/mol. The summed E-state index contributed by atoms with van der Waals surface area (Å²) in [5, 5.41) is 12.5. The van der Waals surface area contributed by atoms with Crippen LogP contribution in [0.3, 0.4) is 0 Å². The molecule has 0 saturated carbocycles. The van der Waals surface area contributed by atoms with E-state index in [1.807, 2.05) is 30.3 Å². The quantitative estimate of drug-likeness (QED) is 0.689. The molecule has 28 heavy (non-hydrogen) atoms. The Morgan fingerprint density at radius 2 is 1.75 bits per heavy atom. The number of hydrogen-bond donors (Lipinski definition) is 2. The minimum Gasteiger partial charge on any atom is -0.505 e. The fourth-order valence-corrected chi connectivity index (χ4v) is 3.17. The molecule has 0 saturated heterocycles. The zero-order chi connectivity index (χ0) is 20.3. The maximum Gasteiger partial charge on any atom is 0.278 e. The van der Waals surface area contributed by atoms with E-state index < -0.39 is 15.9 Å². The summed E-state index contributed by atoms with van der Waals surface area (Å²) < 4.78 is 25.1. The fourth-order valence-electron chi connectivity index (χ4n) is 2.65. The van der Waals surface area contributed by atoms with Crippen molar-refractivity contribution in [3.05, 3.63) is 72.6 Å². The first-order chi connectivity index (χ1) is 13.3. The zero-order valence-corrected chi connectivity index (χ0v) is 16.1. The van der Waals surface area contributed by atoms with Gasteiger partial charge in [0, 0.05) is 13.2 Å². The van der Waals surface area contributed by atoms with Crippen LogP contribution in [0.2, 0.25) is 0 Å². The van der Waals surface area contributed by atoms with Gasteiger partial charge >= 0.3 is 0 Å². The molecule has 3 rings (SSSR count). The minimum atomic E-state index is -3.55. The number of sulfonamides is 1. The number of amides is 1. The lowest BCUT2D eigenvalue weighted by atomic mass is 10.0. The summed E-state index contributed by atoms with van der Waals surface area (Å²) in [5.41, 5.74) is 2.13. The zero-order valence-electron chi connectivity index (χ0n) is 15.3. The Balaban J connectivity index is 2.07. The van der Waals surface area contributed by atoms with Gasteiger partial charge in [0.2, 0.25) is 10.0 Å². The fraction of sp³-hybridized carbons (Fsp3) is 0.100. The average Bonchev–Trinajstić information content (AvgIpc) is 2.67. The first-order valence-corrected chi connectivity index (χ1v) is 10.2. The summed E-state index contributed by atoms with van der Waals surface area (Å²) in [7, 11) is -2.14. The van der Waals surface area contributed by atoms with E-state index in [-0.39, 0.29) is 17.1 Å². The number of nitrogens with zero attached hydrogens (tertiary/aromatic N) is 2.